The second-order valence-electron chi connectivity index (χ2n) is 11.8. The van der Waals surface area contributed by atoms with Gasteiger partial charge in [0.15, 0.2) is 0 Å². The number of nitrogens with one attached hydrogen (secondary N) is 1. The average Bonchev–Trinajstić information content (AvgIpc) is 3.02. The van der Waals surface area contributed by atoms with Gasteiger partial charge in [0.05, 0.1) is 13.1 Å². The summed E-state index contributed by atoms with van der Waals surface area (Å²) in [6.45, 7) is 7.82. The van der Waals surface area contributed by atoms with Gasteiger partial charge in [-0.25, -0.2) is 14.8 Å². The Balaban J connectivity index is 1.42. The van der Waals surface area contributed by atoms with E-state index in [1.807, 2.05) is 78.6 Å². The van der Waals surface area contributed by atoms with Crippen LogP contribution in [0, 0.1) is 5.92 Å². The highest BCUT2D eigenvalue weighted by atomic mass is 16.2. The second-order valence-corrected chi connectivity index (χ2v) is 11.8. The molecule has 2 aliphatic rings. The van der Waals surface area contributed by atoms with Crippen LogP contribution in [-0.2, 0) is 16.1 Å². The van der Waals surface area contributed by atoms with Gasteiger partial charge in [0.1, 0.15) is 12.2 Å². The molecule has 0 saturated carbocycles. The number of hydrazine groups is 1. The Morgan fingerprint density at radius 1 is 0.884 bits per heavy atom. The number of rotatable bonds is 10. The summed E-state index contributed by atoms with van der Waals surface area (Å²) in [5.41, 5.74) is 3.39. The standard InChI is InChI=1S/C35H43N5O3/c1-4-38-25-33(41)39-31(22-26(2)3)34(42)37(24-32(39)40(38)35(43)36-23-27-14-8-5-9-15-27)21-20-30(28-16-10-6-11-17-28)29-18-12-7-13-19-29/h5-19,26,30-32H,4,20-25H2,1-3H3,(H,36,43)/t31-,32-/m0/s1. The van der Waals surface area contributed by atoms with E-state index in [2.05, 4.69) is 43.4 Å². The molecule has 2 fully saturated rings. The summed E-state index contributed by atoms with van der Waals surface area (Å²) in [5.74, 6) is 0.173. The van der Waals surface area contributed by atoms with Crippen molar-refractivity contribution in [2.75, 3.05) is 26.2 Å². The molecule has 2 heterocycles. The van der Waals surface area contributed by atoms with E-state index in [1.54, 1.807) is 14.9 Å². The Bertz CT molecular complexity index is 1330. The van der Waals surface area contributed by atoms with Crippen molar-refractivity contribution in [3.05, 3.63) is 108 Å². The van der Waals surface area contributed by atoms with E-state index >= 15 is 0 Å². The quantitative estimate of drug-likeness (QED) is 0.362. The Morgan fingerprint density at radius 2 is 1.47 bits per heavy atom. The summed E-state index contributed by atoms with van der Waals surface area (Å²) in [6.07, 6.45) is 0.696. The van der Waals surface area contributed by atoms with Gasteiger partial charge in [0.25, 0.3) is 0 Å². The van der Waals surface area contributed by atoms with Crippen LogP contribution in [0.25, 0.3) is 0 Å². The number of benzene rings is 3. The van der Waals surface area contributed by atoms with Gasteiger partial charge < -0.3 is 15.1 Å². The van der Waals surface area contributed by atoms with Crippen LogP contribution in [0.4, 0.5) is 4.79 Å². The fraction of sp³-hybridized carbons (Fsp3) is 0.400. The van der Waals surface area contributed by atoms with Gasteiger partial charge >= 0.3 is 6.03 Å². The molecule has 226 valence electrons. The molecule has 3 aromatic rings. The predicted molar refractivity (Wildman–Crippen MR) is 168 cm³/mol. The lowest BCUT2D eigenvalue weighted by Crippen LogP contribution is -2.76. The Kier molecular flexibility index (Phi) is 9.77. The summed E-state index contributed by atoms with van der Waals surface area (Å²) in [7, 11) is 0. The van der Waals surface area contributed by atoms with Crippen LogP contribution in [0.15, 0.2) is 91.0 Å². The first-order chi connectivity index (χ1) is 20.9. The number of urea groups is 1. The number of nitrogens with zero attached hydrogens (tertiary/aromatic N) is 4. The Morgan fingerprint density at radius 3 is 2.02 bits per heavy atom. The van der Waals surface area contributed by atoms with Crippen LogP contribution in [0.1, 0.15) is 56.2 Å². The summed E-state index contributed by atoms with van der Waals surface area (Å²) < 4.78 is 0. The Hall–Kier alpha value is -4.17. The molecule has 0 radical (unpaired) electrons. The van der Waals surface area contributed by atoms with Crippen molar-refractivity contribution in [2.45, 2.75) is 58.3 Å². The number of carbonyl (C=O) groups excluding carboxylic acids is 3. The molecule has 43 heavy (non-hydrogen) atoms. The molecule has 3 aromatic carbocycles. The van der Waals surface area contributed by atoms with Gasteiger partial charge in [0.2, 0.25) is 11.8 Å². The van der Waals surface area contributed by atoms with Crippen molar-refractivity contribution in [1.82, 2.24) is 25.1 Å². The lowest BCUT2D eigenvalue weighted by atomic mass is 9.88. The monoisotopic (exact) mass is 581 g/mol. The zero-order valence-corrected chi connectivity index (χ0v) is 25.4. The predicted octanol–water partition coefficient (Wildman–Crippen LogP) is 5.08. The average molecular weight is 582 g/mol. The molecule has 0 bridgehead atoms. The molecular weight excluding hydrogens is 538 g/mol. The van der Waals surface area contributed by atoms with Crippen LogP contribution < -0.4 is 5.32 Å². The van der Waals surface area contributed by atoms with Gasteiger partial charge in [-0.2, -0.15) is 0 Å². The van der Waals surface area contributed by atoms with Gasteiger partial charge in [-0.05, 0) is 35.4 Å². The molecule has 4 amide bonds. The molecule has 2 atom stereocenters. The maximum Gasteiger partial charge on any atom is 0.334 e. The normalized spacial score (nSPS) is 19.2. The summed E-state index contributed by atoms with van der Waals surface area (Å²) >= 11 is 0. The molecule has 8 heteroatoms. The molecule has 2 aliphatic heterocycles. The van der Waals surface area contributed by atoms with Gasteiger partial charge in [-0.3, -0.25) is 9.59 Å². The van der Waals surface area contributed by atoms with Gasteiger partial charge in [0, 0.05) is 25.6 Å². The summed E-state index contributed by atoms with van der Waals surface area (Å²) in [4.78, 5) is 45.0. The van der Waals surface area contributed by atoms with Gasteiger partial charge in [-0.1, -0.05) is 112 Å². The minimum absolute atomic E-state index is 0.0345. The van der Waals surface area contributed by atoms with Crippen molar-refractivity contribution >= 4 is 17.8 Å². The van der Waals surface area contributed by atoms with Crippen molar-refractivity contribution in [3.63, 3.8) is 0 Å². The zero-order chi connectivity index (χ0) is 30.3. The molecule has 8 nitrogen and oxygen atoms in total. The van der Waals surface area contributed by atoms with E-state index in [0.29, 0.717) is 26.1 Å². The fourth-order valence-corrected chi connectivity index (χ4v) is 6.38. The van der Waals surface area contributed by atoms with E-state index in [-0.39, 0.29) is 42.8 Å². The van der Waals surface area contributed by atoms with E-state index in [9.17, 15) is 14.4 Å². The molecule has 5 rings (SSSR count). The van der Waals surface area contributed by atoms with E-state index < -0.39 is 12.2 Å². The zero-order valence-electron chi connectivity index (χ0n) is 25.4. The van der Waals surface area contributed by atoms with Crippen LogP contribution in [0.3, 0.4) is 0 Å². The van der Waals surface area contributed by atoms with E-state index in [1.165, 1.54) is 11.1 Å². The molecule has 2 saturated heterocycles. The van der Waals surface area contributed by atoms with Crippen molar-refractivity contribution in [2.24, 2.45) is 5.92 Å². The molecule has 1 N–H and O–H groups in total. The number of piperazine rings is 1. The van der Waals surface area contributed by atoms with Gasteiger partial charge in [-0.15, -0.1) is 0 Å². The number of likely N-dealkylation sites (N-methyl/N-ethyl adjacent to an activating group) is 1. The minimum Gasteiger partial charge on any atom is -0.337 e. The number of hydrogen-bond acceptors (Lipinski definition) is 4. The van der Waals surface area contributed by atoms with Crippen LogP contribution >= 0.6 is 0 Å². The third-order valence-corrected chi connectivity index (χ3v) is 8.48. The van der Waals surface area contributed by atoms with Crippen molar-refractivity contribution < 1.29 is 14.4 Å². The van der Waals surface area contributed by atoms with Crippen molar-refractivity contribution in [3.8, 4) is 0 Å². The lowest BCUT2D eigenvalue weighted by Gasteiger charge is -2.55. The number of fused-ring (bicyclic) bond motifs is 1. The minimum atomic E-state index is -0.610. The SMILES string of the molecule is CCN1CC(=O)N2[C@@H](CC(C)C)C(=O)N(CCC(c3ccccc3)c3ccccc3)C[C@@H]2N1C(=O)NCc1ccccc1. The highest BCUT2D eigenvalue weighted by Crippen LogP contribution is 2.32. The van der Waals surface area contributed by atoms with Crippen LogP contribution in [0.5, 0.6) is 0 Å². The van der Waals surface area contributed by atoms with Crippen LogP contribution in [0.2, 0.25) is 0 Å². The van der Waals surface area contributed by atoms with Crippen LogP contribution in [-0.4, -0.2) is 76.0 Å². The third kappa shape index (κ3) is 6.91. The first-order valence-electron chi connectivity index (χ1n) is 15.4. The molecule has 0 aromatic heterocycles. The number of hydrogen-bond donors (Lipinski definition) is 1. The fourth-order valence-electron chi connectivity index (χ4n) is 6.38. The number of carbonyl (C=O) groups is 3. The smallest absolute Gasteiger partial charge is 0.334 e. The van der Waals surface area contributed by atoms with E-state index in [4.69, 9.17) is 0 Å². The van der Waals surface area contributed by atoms with Crippen molar-refractivity contribution in [1.29, 1.82) is 0 Å². The Labute approximate surface area is 255 Å². The maximum atomic E-state index is 14.1. The molecule has 0 spiro atoms. The first kappa shape index (κ1) is 30.3. The second kappa shape index (κ2) is 13.9. The largest absolute Gasteiger partial charge is 0.337 e. The molecular formula is C35H43N5O3. The lowest BCUT2D eigenvalue weighted by molar-refractivity contribution is -0.190. The topological polar surface area (TPSA) is 76.2 Å². The molecule has 0 unspecified atom stereocenters. The third-order valence-electron chi connectivity index (χ3n) is 8.48. The number of amides is 4. The highest BCUT2D eigenvalue weighted by molar-refractivity contribution is 5.91. The first-order valence-corrected chi connectivity index (χ1v) is 15.4. The molecule has 0 aliphatic carbocycles. The summed E-state index contributed by atoms with van der Waals surface area (Å²) in [5, 5.41) is 6.55. The highest BCUT2D eigenvalue weighted by Gasteiger charge is 2.51. The summed E-state index contributed by atoms with van der Waals surface area (Å²) in [6, 6.07) is 29.7. The maximum absolute atomic E-state index is 14.1. The van der Waals surface area contributed by atoms with E-state index in [0.717, 1.165) is 12.0 Å².